The van der Waals surface area contributed by atoms with Crippen LogP contribution in [-0.4, -0.2) is 11.8 Å². The summed E-state index contributed by atoms with van der Waals surface area (Å²) in [7, 11) is 0. The lowest BCUT2D eigenvalue weighted by Crippen LogP contribution is -1.92. The molecule has 0 bridgehead atoms. The first-order valence-electron chi connectivity index (χ1n) is 3.55. The SMILES string of the molecule is Cc1ccc(C)cc1.N.NCO. The smallest absolute Gasteiger partial charge is 0.0906 e. The maximum Gasteiger partial charge on any atom is 0.0906 e. The number of aryl methyl sites for hydroxylation is 2. The number of aliphatic hydroxyl groups excluding tert-OH is 1. The molecule has 1 rings (SSSR count). The Morgan fingerprint density at radius 1 is 1.08 bits per heavy atom. The van der Waals surface area contributed by atoms with Gasteiger partial charge in [0, 0.05) is 0 Å². The molecule has 12 heavy (non-hydrogen) atoms. The van der Waals surface area contributed by atoms with Crippen LogP contribution in [0.5, 0.6) is 0 Å². The van der Waals surface area contributed by atoms with E-state index in [2.05, 4.69) is 43.8 Å². The predicted octanol–water partition coefficient (Wildman–Crippen LogP) is 1.36. The van der Waals surface area contributed by atoms with Crippen LogP contribution in [0.4, 0.5) is 0 Å². The molecule has 0 fully saturated rings. The van der Waals surface area contributed by atoms with E-state index in [1.807, 2.05) is 0 Å². The van der Waals surface area contributed by atoms with Gasteiger partial charge in [0.1, 0.15) is 0 Å². The van der Waals surface area contributed by atoms with E-state index in [-0.39, 0.29) is 12.9 Å². The molecule has 6 N–H and O–H groups in total. The molecule has 0 amide bonds. The van der Waals surface area contributed by atoms with Gasteiger partial charge in [-0.25, -0.2) is 0 Å². The van der Waals surface area contributed by atoms with Gasteiger partial charge in [0.05, 0.1) is 6.73 Å². The third-order valence-electron chi connectivity index (χ3n) is 1.22. The first-order chi connectivity index (χ1) is 5.20. The first-order valence-corrected chi connectivity index (χ1v) is 3.55. The minimum absolute atomic E-state index is 0. The van der Waals surface area contributed by atoms with E-state index in [0.717, 1.165) is 0 Å². The Morgan fingerprint density at radius 2 is 1.25 bits per heavy atom. The van der Waals surface area contributed by atoms with Gasteiger partial charge in [-0.15, -0.1) is 0 Å². The molecule has 1 aromatic rings. The van der Waals surface area contributed by atoms with E-state index >= 15 is 0 Å². The van der Waals surface area contributed by atoms with Crippen LogP contribution in [-0.2, 0) is 0 Å². The summed E-state index contributed by atoms with van der Waals surface area (Å²) in [6.45, 7) is 3.94. The number of hydrogen-bond donors (Lipinski definition) is 3. The lowest BCUT2D eigenvalue weighted by atomic mass is 10.2. The van der Waals surface area contributed by atoms with Gasteiger partial charge >= 0.3 is 0 Å². The minimum Gasteiger partial charge on any atom is -0.382 e. The van der Waals surface area contributed by atoms with E-state index in [0.29, 0.717) is 0 Å². The molecule has 0 heterocycles. The first kappa shape index (κ1) is 13.7. The topological polar surface area (TPSA) is 81.2 Å². The van der Waals surface area contributed by atoms with Crippen LogP contribution >= 0.6 is 0 Å². The zero-order valence-corrected chi connectivity index (χ0v) is 7.75. The lowest BCUT2D eigenvalue weighted by Gasteiger charge is -1.90. The molecular weight excluding hydrogens is 152 g/mol. The number of nitrogens with two attached hydrogens (primary N) is 1. The van der Waals surface area contributed by atoms with Crippen molar-refractivity contribution in [2.24, 2.45) is 5.73 Å². The van der Waals surface area contributed by atoms with Gasteiger partial charge in [-0.2, -0.15) is 0 Å². The Bertz CT molecular complexity index is 163. The van der Waals surface area contributed by atoms with Crippen LogP contribution < -0.4 is 11.9 Å². The predicted molar refractivity (Wildman–Crippen MR) is 52.2 cm³/mol. The molecule has 70 valence electrons. The summed E-state index contributed by atoms with van der Waals surface area (Å²) in [5.41, 5.74) is 7.06. The summed E-state index contributed by atoms with van der Waals surface area (Å²) in [6, 6.07) is 8.48. The van der Waals surface area contributed by atoms with Crippen molar-refractivity contribution in [3.05, 3.63) is 35.4 Å². The average molecular weight is 170 g/mol. The number of rotatable bonds is 0. The van der Waals surface area contributed by atoms with Crippen molar-refractivity contribution in [2.45, 2.75) is 13.8 Å². The van der Waals surface area contributed by atoms with Crippen LogP contribution in [0.25, 0.3) is 0 Å². The van der Waals surface area contributed by atoms with Crippen molar-refractivity contribution in [3.63, 3.8) is 0 Å². The van der Waals surface area contributed by atoms with Gasteiger partial charge < -0.3 is 17.0 Å². The van der Waals surface area contributed by atoms with Gasteiger partial charge in [0.15, 0.2) is 0 Å². The Labute approximate surface area is 73.8 Å². The number of hydrogen-bond acceptors (Lipinski definition) is 3. The normalized spacial score (nSPS) is 7.67. The number of aliphatic hydroxyl groups is 1. The van der Waals surface area contributed by atoms with Crippen molar-refractivity contribution < 1.29 is 5.11 Å². The average Bonchev–Trinajstić information content (AvgIpc) is 1.97. The fourth-order valence-electron chi connectivity index (χ4n) is 0.637. The lowest BCUT2D eigenvalue weighted by molar-refractivity contribution is 0.307. The summed E-state index contributed by atoms with van der Waals surface area (Å²) in [5, 5.41) is 7.35. The quantitative estimate of drug-likeness (QED) is 0.514. The van der Waals surface area contributed by atoms with Crippen molar-refractivity contribution in [3.8, 4) is 0 Å². The summed E-state index contributed by atoms with van der Waals surface area (Å²) in [5.74, 6) is 0. The van der Waals surface area contributed by atoms with Crippen LogP contribution in [0, 0.1) is 13.8 Å². The largest absolute Gasteiger partial charge is 0.382 e. The molecule has 0 aromatic heterocycles. The second kappa shape index (κ2) is 8.20. The molecule has 0 aliphatic rings. The van der Waals surface area contributed by atoms with Crippen LogP contribution in [0.1, 0.15) is 11.1 Å². The monoisotopic (exact) mass is 170 g/mol. The Hall–Kier alpha value is -0.900. The molecule has 3 heteroatoms. The molecule has 0 radical (unpaired) electrons. The van der Waals surface area contributed by atoms with Crippen LogP contribution in [0.2, 0.25) is 0 Å². The van der Waals surface area contributed by atoms with Gasteiger partial charge in [-0.3, -0.25) is 0 Å². The molecule has 0 saturated heterocycles. The Balaban J connectivity index is 0. The van der Waals surface area contributed by atoms with Gasteiger partial charge in [-0.05, 0) is 13.8 Å². The fraction of sp³-hybridized carbons (Fsp3) is 0.333. The maximum absolute atomic E-state index is 7.35. The van der Waals surface area contributed by atoms with Gasteiger partial charge in [0.2, 0.25) is 0 Å². The molecule has 0 unspecified atom stereocenters. The maximum atomic E-state index is 7.35. The van der Waals surface area contributed by atoms with Crippen molar-refractivity contribution in [1.29, 1.82) is 0 Å². The van der Waals surface area contributed by atoms with E-state index in [4.69, 9.17) is 5.11 Å². The molecule has 0 spiro atoms. The second-order valence-electron chi connectivity index (χ2n) is 2.34. The highest BCUT2D eigenvalue weighted by Gasteiger charge is 1.79. The third-order valence-corrected chi connectivity index (χ3v) is 1.22. The summed E-state index contributed by atoms with van der Waals surface area (Å²) in [6.07, 6.45) is 0. The van der Waals surface area contributed by atoms with E-state index < -0.39 is 0 Å². The molecule has 3 nitrogen and oxygen atoms in total. The molecule has 0 aliphatic carbocycles. The zero-order chi connectivity index (χ0) is 8.69. The summed E-state index contributed by atoms with van der Waals surface area (Å²) < 4.78 is 0. The summed E-state index contributed by atoms with van der Waals surface area (Å²) in [4.78, 5) is 0. The van der Waals surface area contributed by atoms with E-state index in [9.17, 15) is 0 Å². The van der Waals surface area contributed by atoms with E-state index in [1.165, 1.54) is 11.1 Å². The van der Waals surface area contributed by atoms with Crippen molar-refractivity contribution >= 4 is 0 Å². The highest BCUT2D eigenvalue weighted by atomic mass is 16.3. The molecule has 0 saturated carbocycles. The fourth-order valence-corrected chi connectivity index (χ4v) is 0.637. The molecule has 0 aliphatic heterocycles. The van der Waals surface area contributed by atoms with Crippen molar-refractivity contribution in [2.75, 3.05) is 6.73 Å². The zero-order valence-electron chi connectivity index (χ0n) is 7.75. The summed E-state index contributed by atoms with van der Waals surface area (Å²) >= 11 is 0. The minimum atomic E-state index is -0.250. The number of benzene rings is 1. The van der Waals surface area contributed by atoms with Gasteiger partial charge in [-0.1, -0.05) is 35.4 Å². The van der Waals surface area contributed by atoms with E-state index in [1.54, 1.807) is 0 Å². The van der Waals surface area contributed by atoms with Crippen LogP contribution in [0.3, 0.4) is 0 Å². The standard InChI is InChI=1S/C8H10.CH5NO.H3N/c1-7-3-5-8(2)6-4-7;2-1-3;/h3-6H,1-2H3;3H,1-2H2;1H3. The highest BCUT2D eigenvalue weighted by Crippen LogP contribution is 1.99. The molecule has 1 aromatic carbocycles. The van der Waals surface area contributed by atoms with Gasteiger partial charge in [0.25, 0.3) is 0 Å². The molecule has 0 atom stereocenters. The molecular formula is C9H18N2O. The third kappa shape index (κ3) is 7.21. The highest BCUT2D eigenvalue weighted by molar-refractivity contribution is 5.19. The Kier molecular flexibility index (Phi) is 9.34. The Morgan fingerprint density at radius 3 is 1.42 bits per heavy atom. The van der Waals surface area contributed by atoms with Crippen LogP contribution in [0.15, 0.2) is 24.3 Å². The van der Waals surface area contributed by atoms with Crippen molar-refractivity contribution in [1.82, 2.24) is 6.15 Å². The second-order valence-corrected chi connectivity index (χ2v) is 2.34.